The number of primary amides is 1. The van der Waals surface area contributed by atoms with Crippen molar-refractivity contribution in [1.29, 1.82) is 0 Å². The molecule has 1 amide bonds. The van der Waals surface area contributed by atoms with Crippen LogP contribution in [0.2, 0.25) is 0 Å². The third-order valence-electron chi connectivity index (χ3n) is 1.69. The van der Waals surface area contributed by atoms with Crippen LogP contribution in [0.5, 0.6) is 0 Å². The largest absolute Gasteiger partial charge is 0.365 e. The number of nitrogens with zero attached hydrogens (tertiary/aromatic N) is 3. The molecule has 5 nitrogen and oxygen atoms in total. The van der Waals surface area contributed by atoms with Gasteiger partial charge in [-0.05, 0) is 0 Å². The van der Waals surface area contributed by atoms with Crippen LogP contribution >= 0.6 is 0 Å². The highest BCUT2D eigenvalue weighted by Crippen LogP contribution is 2.25. The molecule has 2 heterocycles. The van der Waals surface area contributed by atoms with Crippen LogP contribution in [0, 0.1) is 0 Å². The van der Waals surface area contributed by atoms with Crippen molar-refractivity contribution in [2.45, 2.75) is 6.42 Å². The highest BCUT2D eigenvalue weighted by atomic mass is 16.1. The summed E-state index contributed by atoms with van der Waals surface area (Å²) in [6.45, 7) is 0. The molecule has 60 valence electrons. The number of hydrogen-bond donors (Lipinski definition) is 1. The number of hydrogen-bond acceptors (Lipinski definition) is 4. The molecular weight excluding hydrogens is 156 g/mol. The summed E-state index contributed by atoms with van der Waals surface area (Å²) < 4.78 is 0. The van der Waals surface area contributed by atoms with E-state index in [1.807, 2.05) is 0 Å². The molecule has 0 saturated heterocycles. The van der Waals surface area contributed by atoms with Crippen LogP contribution in [-0.2, 0) is 4.79 Å². The van der Waals surface area contributed by atoms with E-state index in [9.17, 15) is 4.79 Å². The SMILES string of the molecule is NC(=O)C1=NC=C2N=NC=C2C1. The molecule has 0 unspecified atom stereocenters. The van der Waals surface area contributed by atoms with Crippen LogP contribution in [0.1, 0.15) is 6.42 Å². The number of carbonyl (C=O) groups excluding carboxylic acids is 1. The summed E-state index contributed by atoms with van der Waals surface area (Å²) in [4.78, 5) is 14.6. The Balaban J connectivity index is 2.33. The van der Waals surface area contributed by atoms with Gasteiger partial charge in [-0.2, -0.15) is 5.11 Å². The Labute approximate surface area is 68.4 Å². The minimum atomic E-state index is -0.488. The maximum Gasteiger partial charge on any atom is 0.263 e. The van der Waals surface area contributed by atoms with Crippen LogP contribution in [0.25, 0.3) is 0 Å². The molecule has 2 aliphatic heterocycles. The van der Waals surface area contributed by atoms with Crippen molar-refractivity contribution in [1.82, 2.24) is 0 Å². The minimum Gasteiger partial charge on any atom is -0.365 e. The third kappa shape index (κ3) is 0.952. The number of amides is 1. The standard InChI is InChI=1S/C7H6N4O/c8-7(12)5-1-4-2-10-11-6(4)3-9-5/h2-3H,1H2,(H2,8,12). The predicted molar refractivity (Wildman–Crippen MR) is 42.3 cm³/mol. The van der Waals surface area contributed by atoms with E-state index in [-0.39, 0.29) is 0 Å². The summed E-state index contributed by atoms with van der Waals surface area (Å²) in [6.07, 6.45) is 3.56. The summed E-state index contributed by atoms with van der Waals surface area (Å²) in [5, 5.41) is 7.48. The van der Waals surface area contributed by atoms with Crippen LogP contribution in [0.15, 0.2) is 38.9 Å². The van der Waals surface area contributed by atoms with E-state index in [2.05, 4.69) is 15.2 Å². The van der Waals surface area contributed by atoms with Gasteiger partial charge in [0.15, 0.2) is 0 Å². The topological polar surface area (TPSA) is 80.2 Å². The molecule has 2 aliphatic rings. The summed E-state index contributed by atoms with van der Waals surface area (Å²) in [7, 11) is 0. The lowest BCUT2D eigenvalue weighted by molar-refractivity contribution is -0.112. The van der Waals surface area contributed by atoms with Crippen molar-refractivity contribution in [2.75, 3.05) is 0 Å². The number of nitrogens with two attached hydrogens (primary N) is 1. The average Bonchev–Trinajstić information content (AvgIpc) is 2.49. The lowest BCUT2D eigenvalue weighted by Crippen LogP contribution is -2.24. The third-order valence-corrected chi connectivity index (χ3v) is 1.69. The van der Waals surface area contributed by atoms with Crippen molar-refractivity contribution >= 4 is 11.6 Å². The van der Waals surface area contributed by atoms with Crippen LogP contribution < -0.4 is 5.73 Å². The molecule has 0 bridgehead atoms. The molecule has 5 heteroatoms. The van der Waals surface area contributed by atoms with E-state index in [1.54, 1.807) is 6.20 Å². The first-order valence-electron chi connectivity index (χ1n) is 3.44. The fourth-order valence-corrected chi connectivity index (χ4v) is 1.05. The first-order chi connectivity index (χ1) is 5.77. The highest BCUT2D eigenvalue weighted by molar-refractivity contribution is 6.39. The molecule has 0 aromatic heterocycles. The van der Waals surface area contributed by atoms with Gasteiger partial charge in [0.25, 0.3) is 5.91 Å². The second-order valence-electron chi connectivity index (χ2n) is 2.50. The summed E-state index contributed by atoms with van der Waals surface area (Å²) >= 11 is 0. The second-order valence-corrected chi connectivity index (χ2v) is 2.50. The van der Waals surface area contributed by atoms with E-state index < -0.39 is 5.91 Å². The van der Waals surface area contributed by atoms with E-state index >= 15 is 0 Å². The summed E-state index contributed by atoms with van der Waals surface area (Å²) in [5.41, 5.74) is 7.05. The number of rotatable bonds is 1. The van der Waals surface area contributed by atoms with Crippen molar-refractivity contribution in [3.05, 3.63) is 23.7 Å². The highest BCUT2D eigenvalue weighted by Gasteiger charge is 2.19. The van der Waals surface area contributed by atoms with E-state index in [4.69, 9.17) is 5.73 Å². The Kier molecular flexibility index (Phi) is 1.36. The number of carbonyl (C=O) groups is 1. The van der Waals surface area contributed by atoms with Crippen molar-refractivity contribution in [3.8, 4) is 0 Å². The molecule has 12 heavy (non-hydrogen) atoms. The maximum absolute atomic E-state index is 10.7. The molecule has 0 radical (unpaired) electrons. The molecule has 0 aliphatic carbocycles. The van der Waals surface area contributed by atoms with E-state index in [0.29, 0.717) is 12.1 Å². The van der Waals surface area contributed by atoms with Crippen LogP contribution in [0.3, 0.4) is 0 Å². The first-order valence-corrected chi connectivity index (χ1v) is 3.44. The van der Waals surface area contributed by atoms with Gasteiger partial charge in [0.05, 0.1) is 12.4 Å². The monoisotopic (exact) mass is 162 g/mol. The molecular formula is C7H6N4O. The first kappa shape index (κ1) is 6.90. The summed E-state index contributed by atoms with van der Waals surface area (Å²) in [5.74, 6) is -0.488. The Morgan fingerprint density at radius 1 is 1.50 bits per heavy atom. The fourth-order valence-electron chi connectivity index (χ4n) is 1.05. The molecule has 0 aromatic rings. The minimum absolute atomic E-state index is 0.359. The molecule has 2 N–H and O–H groups in total. The lowest BCUT2D eigenvalue weighted by atomic mass is 10.1. The Hall–Kier alpha value is -1.78. The average molecular weight is 162 g/mol. The van der Waals surface area contributed by atoms with Gasteiger partial charge in [-0.3, -0.25) is 9.79 Å². The van der Waals surface area contributed by atoms with Crippen LogP contribution in [-0.4, -0.2) is 11.6 Å². The Bertz CT molecular complexity index is 362. The number of fused-ring (bicyclic) bond motifs is 1. The maximum atomic E-state index is 10.7. The Morgan fingerprint density at radius 2 is 2.33 bits per heavy atom. The zero-order chi connectivity index (χ0) is 8.55. The van der Waals surface area contributed by atoms with E-state index in [0.717, 1.165) is 11.3 Å². The molecule has 0 fully saturated rings. The van der Waals surface area contributed by atoms with Crippen LogP contribution in [0.4, 0.5) is 0 Å². The van der Waals surface area contributed by atoms with Gasteiger partial charge in [-0.1, -0.05) is 0 Å². The molecule has 0 spiro atoms. The number of aliphatic imine (C=N–C) groups is 1. The second kappa shape index (κ2) is 2.37. The number of allylic oxidation sites excluding steroid dienone is 1. The molecule has 0 aromatic carbocycles. The van der Waals surface area contributed by atoms with Gasteiger partial charge in [0.1, 0.15) is 11.4 Å². The molecule has 2 rings (SSSR count). The van der Waals surface area contributed by atoms with Crippen molar-refractivity contribution < 1.29 is 4.79 Å². The molecule has 0 atom stereocenters. The normalized spacial score (nSPS) is 19.5. The Morgan fingerprint density at radius 3 is 3.08 bits per heavy atom. The van der Waals surface area contributed by atoms with Crippen molar-refractivity contribution in [2.24, 2.45) is 21.0 Å². The number of azo groups is 1. The van der Waals surface area contributed by atoms with Gasteiger partial charge in [0, 0.05) is 12.0 Å². The zero-order valence-corrected chi connectivity index (χ0v) is 6.19. The predicted octanol–water partition coefficient (Wildman–Crippen LogP) is 0.508. The van der Waals surface area contributed by atoms with Gasteiger partial charge in [-0.25, -0.2) is 0 Å². The summed E-state index contributed by atoms with van der Waals surface area (Å²) in [6, 6.07) is 0. The van der Waals surface area contributed by atoms with Gasteiger partial charge in [0.2, 0.25) is 0 Å². The zero-order valence-electron chi connectivity index (χ0n) is 6.19. The smallest absolute Gasteiger partial charge is 0.263 e. The van der Waals surface area contributed by atoms with Gasteiger partial charge in [-0.15, -0.1) is 5.11 Å². The van der Waals surface area contributed by atoms with Gasteiger partial charge < -0.3 is 5.73 Å². The van der Waals surface area contributed by atoms with Crippen molar-refractivity contribution in [3.63, 3.8) is 0 Å². The lowest BCUT2D eigenvalue weighted by Gasteiger charge is -2.06. The molecule has 0 saturated carbocycles. The fraction of sp³-hybridized carbons (Fsp3) is 0.143. The quantitative estimate of drug-likeness (QED) is 0.598. The van der Waals surface area contributed by atoms with E-state index in [1.165, 1.54) is 6.20 Å². The van der Waals surface area contributed by atoms with Gasteiger partial charge >= 0.3 is 0 Å².